The highest BCUT2D eigenvalue weighted by molar-refractivity contribution is 6.03. The summed E-state index contributed by atoms with van der Waals surface area (Å²) in [5.74, 6) is 2.07. The number of aromatic nitrogens is 4. The maximum absolute atomic E-state index is 9.61. The molecule has 0 aliphatic rings. The molecule has 2 aromatic carbocycles. The van der Waals surface area contributed by atoms with Crippen LogP contribution in [0.2, 0.25) is 0 Å². The maximum Gasteiger partial charge on any atom is 0.163 e. The second kappa shape index (κ2) is 8.96. The minimum Gasteiger partial charge on any atom is -0.314 e. The van der Waals surface area contributed by atoms with E-state index < -0.39 is 5.41 Å². The van der Waals surface area contributed by atoms with Crippen molar-refractivity contribution < 1.29 is 0 Å². The minimum absolute atomic E-state index is 0.545. The fraction of sp³-hybridized carbons (Fsp3) is 0.138. The smallest absolute Gasteiger partial charge is 0.163 e. The van der Waals surface area contributed by atoms with Crippen LogP contribution < -0.4 is 4.90 Å². The number of nitriles is 1. The number of fused-ring (bicyclic) bond motifs is 1. The van der Waals surface area contributed by atoms with E-state index in [1.165, 1.54) is 0 Å². The van der Waals surface area contributed by atoms with E-state index in [9.17, 15) is 5.26 Å². The van der Waals surface area contributed by atoms with E-state index in [0.717, 1.165) is 44.8 Å². The Morgan fingerprint density at radius 1 is 0.857 bits per heavy atom. The van der Waals surface area contributed by atoms with E-state index in [-0.39, 0.29) is 0 Å². The highest BCUT2D eigenvalue weighted by atomic mass is 15.2. The van der Waals surface area contributed by atoms with Gasteiger partial charge in [0, 0.05) is 31.2 Å². The van der Waals surface area contributed by atoms with Crippen molar-refractivity contribution in [2.24, 2.45) is 0 Å². The predicted molar refractivity (Wildman–Crippen MR) is 139 cm³/mol. The summed E-state index contributed by atoms with van der Waals surface area (Å²) in [6.07, 6.45) is 5.23. The van der Waals surface area contributed by atoms with Gasteiger partial charge in [0.05, 0.1) is 22.4 Å². The van der Waals surface area contributed by atoms with Crippen LogP contribution in [0.5, 0.6) is 0 Å². The van der Waals surface area contributed by atoms with Gasteiger partial charge in [0.1, 0.15) is 11.6 Å². The Balaban J connectivity index is 1.78. The summed E-state index contributed by atoms with van der Waals surface area (Å²) in [4.78, 5) is 20.9. The minimum atomic E-state index is -0.673. The van der Waals surface area contributed by atoms with Crippen molar-refractivity contribution in [3.05, 3.63) is 97.0 Å². The molecule has 5 rings (SSSR count). The summed E-state index contributed by atoms with van der Waals surface area (Å²) in [5.41, 5.74) is 3.86. The topological polar surface area (TPSA) is 78.6 Å². The third-order valence-electron chi connectivity index (χ3n) is 6.10. The molecule has 0 spiro atoms. The van der Waals surface area contributed by atoms with E-state index in [4.69, 9.17) is 9.97 Å². The van der Waals surface area contributed by atoms with Crippen molar-refractivity contribution in [2.75, 3.05) is 11.9 Å². The molecule has 5 aromatic rings. The van der Waals surface area contributed by atoms with Gasteiger partial charge in [-0.15, -0.1) is 0 Å². The molecule has 0 amide bonds. The van der Waals surface area contributed by atoms with Gasteiger partial charge in [-0.05, 0) is 54.8 Å². The summed E-state index contributed by atoms with van der Waals surface area (Å²) in [6, 6.07) is 26.4. The Labute approximate surface area is 204 Å². The van der Waals surface area contributed by atoms with Crippen LogP contribution in [0.4, 0.5) is 11.6 Å². The second-order valence-electron chi connectivity index (χ2n) is 8.88. The molecule has 0 radical (unpaired) electrons. The third-order valence-corrected chi connectivity index (χ3v) is 6.10. The van der Waals surface area contributed by atoms with Gasteiger partial charge in [0.15, 0.2) is 5.82 Å². The van der Waals surface area contributed by atoms with Crippen LogP contribution in [-0.2, 0) is 5.41 Å². The summed E-state index contributed by atoms with van der Waals surface area (Å²) in [7, 11) is 1.96. The number of nitrogens with zero attached hydrogens (tertiary/aromatic N) is 6. The van der Waals surface area contributed by atoms with Gasteiger partial charge in [0.25, 0.3) is 0 Å². The molecule has 6 nitrogen and oxygen atoms in total. The van der Waals surface area contributed by atoms with Crippen LogP contribution in [-0.4, -0.2) is 27.0 Å². The zero-order valence-corrected chi connectivity index (χ0v) is 19.8. The lowest BCUT2D eigenvalue weighted by atomic mass is 9.87. The highest BCUT2D eigenvalue weighted by Crippen LogP contribution is 2.37. The molecular formula is C29H24N6. The molecule has 0 atom stereocenters. The number of rotatable bonds is 5. The Kier molecular flexibility index (Phi) is 5.68. The van der Waals surface area contributed by atoms with Crippen LogP contribution in [0, 0.1) is 11.3 Å². The first-order valence-corrected chi connectivity index (χ1v) is 11.4. The lowest BCUT2D eigenvalue weighted by Crippen LogP contribution is -2.15. The summed E-state index contributed by atoms with van der Waals surface area (Å²) in [5, 5.41) is 10.6. The number of hydrogen-bond donors (Lipinski definition) is 0. The van der Waals surface area contributed by atoms with Gasteiger partial charge in [-0.1, -0.05) is 48.5 Å². The first-order valence-electron chi connectivity index (χ1n) is 11.4. The molecule has 6 heteroatoms. The van der Waals surface area contributed by atoms with Crippen molar-refractivity contribution in [2.45, 2.75) is 19.3 Å². The van der Waals surface area contributed by atoms with Crippen molar-refractivity contribution in [3.8, 4) is 28.6 Å². The largest absolute Gasteiger partial charge is 0.314 e. The Morgan fingerprint density at radius 2 is 1.66 bits per heavy atom. The monoisotopic (exact) mass is 456 g/mol. The summed E-state index contributed by atoms with van der Waals surface area (Å²) >= 11 is 0. The quantitative estimate of drug-likeness (QED) is 0.308. The maximum atomic E-state index is 9.61. The molecule has 0 aliphatic heterocycles. The first kappa shape index (κ1) is 22.2. The van der Waals surface area contributed by atoms with Gasteiger partial charge in [-0.25, -0.2) is 15.0 Å². The number of anilines is 2. The number of pyridine rings is 2. The second-order valence-corrected chi connectivity index (χ2v) is 8.88. The average molecular weight is 457 g/mol. The molecule has 3 heterocycles. The van der Waals surface area contributed by atoms with Gasteiger partial charge in [-0.3, -0.25) is 4.98 Å². The van der Waals surface area contributed by atoms with Crippen LogP contribution in [0.1, 0.15) is 19.4 Å². The van der Waals surface area contributed by atoms with Crippen LogP contribution in [0.15, 0.2) is 91.4 Å². The summed E-state index contributed by atoms with van der Waals surface area (Å²) < 4.78 is 0. The average Bonchev–Trinajstić information content (AvgIpc) is 2.92. The normalized spacial score (nSPS) is 11.3. The van der Waals surface area contributed by atoms with Crippen LogP contribution >= 0.6 is 0 Å². The van der Waals surface area contributed by atoms with Crippen molar-refractivity contribution >= 4 is 22.5 Å². The molecule has 3 aromatic heterocycles. The van der Waals surface area contributed by atoms with Gasteiger partial charge in [0.2, 0.25) is 0 Å². The van der Waals surface area contributed by atoms with E-state index in [1.54, 1.807) is 18.6 Å². The molecule has 0 N–H and O–H groups in total. The van der Waals surface area contributed by atoms with Gasteiger partial charge in [-0.2, -0.15) is 5.26 Å². The Bertz CT molecular complexity index is 1540. The Morgan fingerprint density at radius 3 is 2.40 bits per heavy atom. The van der Waals surface area contributed by atoms with E-state index >= 15 is 0 Å². The molecule has 170 valence electrons. The molecule has 0 aliphatic carbocycles. The van der Waals surface area contributed by atoms with Crippen LogP contribution in [0.3, 0.4) is 0 Å². The molecule has 35 heavy (non-hydrogen) atoms. The SMILES string of the molecule is CN(c1ccccn1)c1nc(-c2cncc(C(C)(C)C#N)c2)nc2cccc(-c3ccccc3)c12. The molecule has 0 unspecified atom stereocenters. The molecule has 0 bridgehead atoms. The molecule has 0 saturated heterocycles. The van der Waals surface area contributed by atoms with Crippen molar-refractivity contribution in [3.63, 3.8) is 0 Å². The van der Waals surface area contributed by atoms with E-state index in [2.05, 4.69) is 34.2 Å². The number of hydrogen-bond acceptors (Lipinski definition) is 6. The zero-order valence-electron chi connectivity index (χ0n) is 19.8. The first-order chi connectivity index (χ1) is 17.0. The van der Waals surface area contributed by atoms with Gasteiger partial charge < -0.3 is 4.90 Å². The Hall–Kier alpha value is -4.63. The van der Waals surface area contributed by atoms with E-state index in [1.807, 2.05) is 80.4 Å². The van der Waals surface area contributed by atoms with Crippen LogP contribution in [0.25, 0.3) is 33.4 Å². The fourth-order valence-electron chi connectivity index (χ4n) is 4.02. The highest BCUT2D eigenvalue weighted by Gasteiger charge is 2.22. The van der Waals surface area contributed by atoms with Gasteiger partial charge >= 0.3 is 0 Å². The molecule has 0 fully saturated rings. The lowest BCUT2D eigenvalue weighted by Gasteiger charge is -2.22. The number of benzene rings is 2. The van der Waals surface area contributed by atoms with E-state index in [0.29, 0.717) is 5.82 Å². The summed E-state index contributed by atoms with van der Waals surface area (Å²) in [6.45, 7) is 3.75. The fourth-order valence-corrected chi connectivity index (χ4v) is 4.02. The third kappa shape index (κ3) is 4.20. The lowest BCUT2D eigenvalue weighted by molar-refractivity contribution is 0.683. The van der Waals surface area contributed by atoms with Crippen molar-refractivity contribution in [1.82, 2.24) is 19.9 Å². The molecular weight excluding hydrogens is 432 g/mol. The standard InChI is InChI=1S/C29H24N6/c1-29(2,19-30)22-16-21(17-31-18-22)27-33-24-13-9-12-23(20-10-5-4-6-11-20)26(24)28(34-27)35(3)25-14-7-8-15-32-25/h4-18H,1-3H3. The predicted octanol–water partition coefficient (Wildman–Crippen LogP) is 6.32. The van der Waals surface area contributed by atoms with Crippen molar-refractivity contribution in [1.29, 1.82) is 5.26 Å². The zero-order chi connectivity index (χ0) is 24.4. The molecule has 0 saturated carbocycles.